The first kappa shape index (κ1) is 21.0. The fraction of sp³-hybridized carbons (Fsp3) is 0.600. The van der Waals surface area contributed by atoms with Crippen molar-refractivity contribution in [2.24, 2.45) is 11.7 Å². The Kier molecular flexibility index (Phi) is 7.27. The van der Waals surface area contributed by atoms with E-state index >= 15 is 0 Å². The Morgan fingerprint density at radius 2 is 1.88 bits per heavy atom. The molecule has 138 valence electrons. The van der Waals surface area contributed by atoms with Crippen LogP contribution in [0.15, 0.2) is 17.0 Å². The van der Waals surface area contributed by atoms with E-state index in [2.05, 4.69) is 0 Å². The van der Waals surface area contributed by atoms with Crippen LogP contribution in [0.3, 0.4) is 0 Å². The van der Waals surface area contributed by atoms with Gasteiger partial charge in [-0.15, -0.1) is 12.4 Å². The van der Waals surface area contributed by atoms with Crippen molar-refractivity contribution < 1.29 is 22.3 Å². The largest absolute Gasteiger partial charge is 0.493 e. The molecule has 0 aromatic heterocycles. The quantitative estimate of drug-likeness (QED) is 0.842. The molecule has 1 aliphatic heterocycles. The van der Waals surface area contributed by atoms with Gasteiger partial charge in [0.05, 0.1) is 14.2 Å². The van der Waals surface area contributed by atoms with Crippen LogP contribution >= 0.6 is 12.4 Å². The zero-order valence-corrected chi connectivity index (χ0v) is 15.6. The zero-order chi connectivity index (χ0) is 17.2. The SMILES string of the molecule is COc1cc(F)c(S(=O)(=O)N2CCCC(C)C2CN)cc1OC.Cl. The smallest absolute Gasteiger partial charge is 0.246 e. The van der Waals surface area contributed by atoms with Gasteiger partial charge in [0.25, 0.3) is 0 Å². The fourth-order valence-corrected chi connectivity index (χ4v) is 4.85. The van der Waals surface area contributed by atoms with Crippen molar-refractivity contribution in [1.82, 2.24) is 4.31 Å². The molecule has 1 aromatic carbocycles. The maximum Gasteiger partial charge on any atom is 0.246 e. The van der Waals surface area contributed by atoms with Crippen LogP contribution in [0.2, 0.25) is 0 Å². The van der Waals surface area contributed by atoms with E-state index in [0.29, 0.717) is 6.54 Å². The van der Waals surface area contributed by atoms with Crippen molar-refractivity contribution >= 4 is 22.4 Å². The summed E-state index contributed by atoms with van der Waals surface area (Å²) >= 11 is 0. The number of hydrogen-bond acceptors (Lipinski definition) is 5. The summed E-state index contributed by atoms with van der Waals surface area (Å²) in [6.45, 7) is 2.50. The van der Waals surface area contributed by atoms with E-state index in [9.17, 15) is 12.8 Å². The number of rotatable bonds is 5. The minimum atomic E-state index is -4.00. The summed E-state index contributed by atoms with van der Waals surface area (Å²) in [5.41, 5.74) is 5.75. The summed E-state index contributed by atoms with van der Waals surface area (Å²) in [7, 11) is -1.27. The third-order valence-electron chi connectivity index (χ3n) is 4.33. The van der Waals surface area contributed by atoms with E-state index in [0.717, 1.165) is 25.0 Å². The van der Waals surface area contributed by atoms with Gasteiger partial charge in [-0.3, -0.25) is 0 Å². The molecule has 0 bridgehead atoms. The molecule has 2 unspecified atom stereocenters. The molecular weight excluding hydrogens is 359 g/mol. The molecule has 2 rings (SSSR count). The number of benzene rings is 1. The molecule has 0 aliphatic carbocycles. The minimum absolute atomic E-state index is 0. The van der Waals surface area contributed by atoms with Gasteiger partial charge in [-0.1, -0.05) is 6.92 Å². The lowest BCUT2D eigenvalue weighted by atomic mass is 9.93. The molecule has 2 atom stereocenters. The maximum atomic E-state index is 14.4. The van der Waals surface area contributed by atoms with Gasteiger partial charge in [-0.25, -0.2) is 12.8 Å². The van der Waals surface area contributed by atoms with Crippen LogP contribution in [-0.2, 0) is 10.0 Å². The third-order valence-corrected chi connectivity index (χ3v) is 6.27. The van der Waals surface area contributed by atoms with Crippen molar-refractivity contribution in [3.05, 3.63) is 17.9 Å². The number of nitrogens with zero attached hydrogens (tertiary/aromatic N) is 1. The van der Waals surface area contributed by atoms with Crippen LogP contribution in [0.4, 0.5) is 4.39 Å². The molecule has 0 radical (unpaired) electrons. The van der Waals surface area contributed by atoms with E-state index in [-0.39, 0.29) is 42.4 Å². The highest BCUT2D eigenvalue weighted by atomic mass is 35.5. The van der Waals surface area contributed by atoms with Gasteiger partial charge in [0.2, 0.25) is 10.0 Å². The second kappa shape index (κ2) is 8.33. The average Bonchev–Trinajstić information content (AvgIpc) is 2.53. The topological polar surface area (TPSA) is 81.9 Å². The van der Waals surface area contributed by atoms with E-state index < -0.39 is 20.7 Å². The Morgan fingerprint density at radius 3 is 2.42 bits per heavy atom. The molecule has 1 aromatic rings. The first-order chi connectivity index (χ1) is 10.9. The monoisotopic (exact) mass is 382 g/mol. The predicted molar refractivity (Wildman–Crippen MR) is 91.9 cm³/mol. The zero-order valence-electron chi connectivity index (χ0n) is 14.0. The van der Waals surface area contributed by atoms with Gasteiger partial charge in [-0.2, -0.15) is 4.31 Å². The van der Waals surface area contributed by atoms with Gasteiger partial charge in [0, 0.05) is 31.3 Å². The van der Waals surface area contributed by atoms with Crippen LogP contribution in [0.5, 0.6) is 11.5 Å². The summed E-state index contributed by atoms with van der Waals surface area (Å²) in [5, 5.41) is 0. The lowest BCUT2D eigenvalue weighted by Gasteiger charge is -2.38. The molecule has 0 amide bonds. The van der Waals surface area contributed by atoms with Gasteiger partial charge in [0.1, 0.15) is 10.7 Å². The van der Waals surface area contributed by atoms with Crippen LogP contribution in [0.1, 0.15) is 19.8 Å². The Bertz CT molecular complexity index is 672. The molecule has 9 heteroatoms. The Balaban J connectivity index is 0.00000288. The third kappa shape index (κ3) is 3.77. The minimum Gasteiger partial charge on any atom is -0.493 e. The molecule has 1 aliphatic rings. The second-order valence-corrected chi connectivity index (χ2v) is 7.53. The summed E-state index contributed by atoms with van der Waals surface area (Å²) in [4.78, 5) is -0.414. The van der Waals surface area contributed by atoms with Crippen molar-refractivity contribution in [2.75, 3.05) is 27.3 Å². The van der Waals surface area contributed by atoms with Crippen molar-refractivity contribution in [1.29, 1.82) is 0 Å². The van der Waals surface area contributed by atoms with E-state index in [1.807, 2.05) is 6.92 Å². The number of nitrogens with two attached hydrogens (primary N) is 1. The number of halogens is 2. The number of piperidine rings is 1. The number of ether oxygens (including phenoxy) is 2. The van der Waals surface area contributed by atoms with E-state index in [1.165, 1.54) is 18.5 Å². The second-order valence-electron chi connectivity index (χ2n) is 5.68. The number of methoxy groups -OCH3 is 2. The molecule has 24 heavy (non-hydrogen) atoms. The lowest BCUT2D eigenvalue weighted by molar-refractivity contribution is 0.192. The van der Waals surface area contributed by atoms with Gasteiger partial charge in [-0.05, 0) is 18.8 Å². The molecular formula is C15H24ClFN2O4S. The molecule has 6 nitrogen and oxygen atoms in total. The van der Waals surface area contributed by atoms with Crippen molar-refractivity contribution in [3.63, 3.8) is 0 Å². The molecule has 1 heterocycles. The number of sulfonamides is 1. The van der Waals surface area contributed by atoms with Crippen molar-refractivity contribution in [3.8, 4) is 11.5 Å². The van der Waals surface area contributed by atoms with Crippen LogP contribution in [0, 0.1) is 11.7 Å². The first-order valence-corrected chi connectivity index (χ1v) is 8.94. The van der Waals surface area contributed by atoms with E-state index in [1.54, 1.807) is 0 Å². The van der Waals surface area contributed by atoms with Crippen LogP contribution < -0.4 is 15.2 Å². The van der Waals surface area contributed by atoms with Gasteiger partial charge in [0.15, 0.2) is 11.5 Å². The molecule has 0 saturated carbocycles. The van der Waals surface area contributed by atoms with Crippen LogP contribution in [0.25, 0.3) is 0 Å². The molecule has 0 spiro atoms. The Hall–Kier alpha value is -1.09. The van der Waals surface area contributed by atoms with Crippen LogP contribution in [-0.4, -0.2) is 46.1 Å². The summed E-state index contributed by atoms with van der Waals surface area (Å²) in [5.74, 6) is -0.420. The molecule has 1 saturated heterocycles. The fourth-order valence-electron chi connectivity index (χ4n) is 3.02. The first-order valence-electron chi connectivity index (χ1n) is 7.50. The average molecular weight is 383 g/mol. The highest BCUT2D eigenvalue weighted by molar-refractivity contribution is 7.89. The maximum absolute atomic E-state index is 14.4. The highest BCUT2D eigenvalue weighted by Gasteiger charge is 2.38. The van der Waals surface area contributed by atoms with Crippen molar-refractivity contribution in [2.45, 2.75) is 30.7 Å². The Labute approximate surface area is 148 Å². The van der Waals surface area contributed by atoms with Gasteiger partial charge < -0.3 is 15.2 Å². The summed E-state index contributed by atoms with van der Waals surface area (Å²) in [6.07, 6.45) is 1.63. The molecule has 2 N–H and O–H groups in total. The normalized spacial score (nSPS) is 21.9. The standard InChI is InChI=1S/C15H23FN2O4S.ClH/c1-10-5-4-6-18(12(10)9-17)23(19,20)15-8-14(22-3)13(21-2)7-11(15)16;/h7-8,10,12H,4-6,9,17H2,1-3H3;1H. The molecule has 1 fully saturated rings. The highest BCUT2D eigenvalue weighted by Crippen LogP contribution is 2.35. The van der Waals surface area contributed by atoms with Gasteiger partial charge >= 0.3 is 0 Å². The summed E-state index contributed by atoms with van der Waals surface area (Å²) in [6, 6.07) is 1.86. The lowest BCUT2D eigenvalue weighted by Crippen LogP contribution is -2.51. The summed E-state index contributed by atoms with van der Waals surface area (Å²) < 4.78 is 51.6. The van der Waals surface area contributed by atoms with E-state index in [4.69, 9.17) is 15.2 Å². The Morgan fingerprint density at radius 1 is 1.29 bits per heavy atom. The predicted octanol–water partition coefficient (Wildman–Crippen LogP) is 2.01. The number of hydrogen-bond donors (Lipinski definition) is 1.